The van der Waals surface area contributed by atoms with Crippen LogP contribution in [0, 0.1) is 0 Å². The van der Waals surface area contributed by atoms with Gasteiger partial charge in [0.15, 0.2) is 0 Å². The van der Waals surface area contributed by atoms with E-state index >= 15 is 0 Å². The van der Waals surface area contributed by atoms with E-state index < -0.39 is 5.97 Å². The van der Waals surface area contributed by atoms with Gasteiger partial charge in [-0.15, -0.1) is 0 Å². The summed E-state index contributed by atoms with van der Waals surface area (Å²) in [5.74, 6) is -0.979. The van der Waals surface area contributed by atoms with Gasteiger partial charge < -0.3 is 9.64 Å². The molecule has 0 fully saturated rings. The lowest BCUT2D eigenvalue weighted by Crippen LogP contribution is -2.30. The van der Waals surface area contributed by atoms with Gasteiger partial charge in [0.2, 0.25) is 0 Å². The van der Waals surface area contributed by atoms with E-state index in [9.17, 15) is 9.59 Å². The van der Waals surface area contributed by atoms with E-state index in [1.807, 2.05) is 0 Å². The predicted molar refractivity (Wildman–Crippen MR) is 48.7 cm³/mol. The summed E-state index contributed by atoms with van der Waals surface area (Å²) < 4.78 is 4.40. The van der Waals surface area contributed by atoms with E-state index in [1.165, 1.54) is 14.2 Å². The summed E-state index contributed by atoms with van der Waals surface area (Å²) in [6, 6.07) is 0. The molecule has 0 heterocycles. The van der Waals surface area contributed by atoms with Crippen LogP contribution in [0.25, 0.3) is 0 Å². The minimum atomic E-state index is -0.628. The van der Waals surface area contributed by atoms with Crippen LogP contribution in [-0.2, 0) is 14.3 Å². The minimum Gasteiger partial charge on any atom is -0.464 e. The van der Waals surface area contributed by atoms with Crippen LogP contribution >= 0.6 is 0 Å². The summed E-state index contributed by atoms with van der Waals surface area (Å²) in [6.07, 6.45) is 0. The minimum absolute atomic E-state index is 0.00417. The molecule has 13 heavy (non-hydrogen) atoms. The Hall–Kier alpha value is -1.58. The lowest BCUT2D eigenvalue weighted by atomic mass is 10.3. The highest BCUT2D eigenvalue weighted by atomic mass is 16.5. The number of methoxy groups -OCH3 is 1. The van der Waals surface area contributed by atoms with Gasteiger partial charge in [-0.3, -0.25) is 4.79 Å². The zero-order chi connectivity index (χ0) is 10.6. The van der Waals surface area contributed by atoms with Crippen molar-refractivity contribution in [1.29, 1.82) is 0 Å². The van der Waals surface area contributed by atoms with Crippen LogP contribution in [0.15, 0.2) is 24.4 Å². The molecule has 1 amide bonds. The maximum absolute atomic E-state index is 11.3. The van der Waals surface area contributed by atoms with Crippen LogP contribution in [0.3, 0.4) is 0 Å². The largest absolute Gasteiger partial charge is 0.464 e. The van der Waals surface area contributed by atoms with Gasteiger partial charge in [0.25, 0.3) is 5.91 Å². The fourth-order valence-corrected chi connectivity index (χ4v) is 0.664. The van der Waals surface area contributed by atoms with Crippen molar-refractivity contribution in [3.05, 3.63) is 24.4 Å². The van der Waals surface area contributed by atoms with Crippen molar-refractivity contribution < 1.29 is 14.3 Å². The van der Waals surface area contributed by atoms with Crippen LogP contribution in [0.5, 0.6) is 0 Å². The molecule has 0 aromatic carbocycles. The number of rotatable bonds is 3. The van der Waals surface area contributed by atoms with Crippen LogP contribution in [0.4, 0.5) is 0 Å². The highest BCUT2D eigenvalue weighted by Gasteiger charge is 2.18. The summed E-state index contributed by atoms with van der Waals surface area (Å²) in [7, 11) is 2.67. The molecule has 0 aliphatic carbocycles. The molecule has 72 valence electrons. The molecule has 0 saturated heterocycles. The van der Waals surface area contributed by atoms with Crippen LogP contribution in [0.1, 0.15) is 6.92 Å². The predicted octanol–water partition coefficient (Wildman–Crippen LogP) is 0.708. The number of nitrogens with zero attached hydrogens (tertiary/aromatic N) is 1. The molecular weight excluding hydrogens is 170 g/mol. The maximum Gasteiger partial charge on any atom is 0.354 e. The Morgan fingerprint density at radius 1 is 1.31 bits per heavy atom. The Morgan fingerprint density at radius 3 is 2.08 bits per heavy atom. The first-order valence-corrected chi connectivity index (χ1v) is 3.62. The molecule has 0 bridgehead atoms. The van der Waals surface area contributed by atoms with Gasteiger partial charge in [-0.05, 0) is 6.92 Å². The fourth-order valence-electron chi connectivity index (χ4n) is 0.664. The second kappa shape index (κ2) is 4.45. The Bertz CT molecular complexity index is 268. The molecule has 4 heteroatoms. The van der Waals surface area contributed by atoms with Gasteiger partial charge in [-0.2, -0.15) is 0 Å². The standard InChI is InChI=1S/C9H13NO3/c1-6(2)8(11)10(4)7(3)9(12)13-5/h1,3H2,2,4-5H3. The smallest absolute Gasteiger partial charge is 0.354 e. The Kier molecular flexibility index (Phi) is 3.91. The average Bonchev–Trinajstić information content (AvgIpc) is 2.12. The number of ether oxygens (including phenoxy) is 1. The normalized spacial score (nSPS) is 8.85. The first-order valence-electron chi connectivity index (χ1n) is 3.62. The molecule has 0 N–H and O–H groups in total. The molecule has 0 aromatic rings. The van der Waals surface area contributed by atoms with Crippen molar-refractivity contribution in [2.45, 2.75) is 6.92 Å². The van der Waals surface area contributed by atoms with E-state index in [0.29, 0.717) is 5.57 Å². The molecule has 0 unspecified atom stereocenters. The first-order chi connectivity index (χ1) is 5.91. The monoisotopic (exact) mass is 183 g/mol. The lowest BCUT2D eigenvalue weighted by molar-refractivity contribution is -0.140. The third kappa shape index (κ3) is 2.74. The molecule has 0 aliphatic rings. The topological polar surface area (TPSA) is 46.6 Å². The molecule has 0 atom stereocenters. The van der Waals surface area contributed by atoms with Crippen molar-refractivity contribution >= 4 is 11.9 Å². The molecule has 0 saturated carbocycles. The molecule has 0 aliphatic heterocycles. The lowest BCUT2D eigenvalue weighted by Gasteiger charge is -2.17. The zero-order valence-corrected chi connectivity index (χ0v) is 8.09. The van der Waals surface area contributed by atoms with Gasteiger partial charge in [0, 0.05) is 12.6 Å². The highest BCUT2D eigenvalue weighted by molar-refractivity contribution is 5.99. The van der Waals surface area contributed by atoms with E-state index in [2.05, 4.69) is 17.9 Å². The quantitative estimate of drug-likeness (QED) is 0.478. The number of hydrogen-bond acceptors (Lipinski definition) is 3. The van der Waals surface area contributed by atoms with E-state index in [-0.39, 0.29) is 11.6 Å². The third-order valence-electron chi connectivity index (χ3n) is 1.50. The second-order valence-electron chi connectivity index (χ2n) is 2.58. The summed E-state index contributed by atoms with van der Waals surface area (Å²) >= 11 is 0. The summed E-state index contributed by atoms with van der Waals surface area (Å²) in [4.78, 5) is 23.3. The van der Waals surface area contributed by atoms with Crippen LogP contribution < -0.4 is 0 Å². The average molecular weight is 183 g/mol. The highest BCUT2D eigenvalue weighted by Crippen LogP contribution is 2.05. The third-order valence-corrected chi connectivity index (χ3v) is 1.50. The number of amides is 1. The van der Waals surface area contributed by atoms with E-state index in [0.717, 1.165) is 4.90 Å². The second-order valence-corrected chi connectivity index (χ2v) is 2.58. The van der Waals surface area contributed by atoms with Crippen molar-refractivity contribution in [3.63, 3.8) is 0 Å². The van der Waals surface area contributed by atoms with Gasteiger partial charge in [-0.1, -0.05) is 13.2 Å². The summed E-state index contributed by atoms with van der Waals surface area (Å²) in [5.41, 5.74) is 0.336. The maximum atomic E-state index is 11.3. The molecule has 0 spiro atoms. The van der Waals surface area contributed by atoms with Gasteiger partial charge in [0.05, 0.1) is 7.11 Å². The van der Waals surface area contributed by atoms with Gasteiger partial charge in [0.1, 0.15) is 5.70 Å². The van der Waals surface area contributed by atoms with Crippen molar-refractivity contribution in [2.24, 2.45) is 0 Å². The molecule has 0 aromatic heterocycles. The van der Waals surface area contributed by atoms with E-state index in [4.69, 9.17) is 0 Å². The fraction of sp³-hybridized carbons (Fsp3) is 0.333. The van der Waals surface area contributed by atoms with Crippen molar-refractivity contribution in [1.82, 2.24) is 4.90 Å². The Labute approximate surface area is 77.5 Å². The molecular formula is C9H13NO3. The molecule has 0 rings (SSSR count). The summed E-state index contributed by atoms with van der Waals surface area (Å²) in [5, 5.41) is 0. The first kappa shape index (κ1) is 11.4. The Balaban J connectivity index is 4.52. The van der Waals surface area contributed by atoms with Gasteiger partial charge in [-0.25, -0.2) is 4.79 Å². The number of carbonyl (C=O) groups is 2. The molecule has 4 nitrogen and oxygen atoms in total. The number of hydrogen-bond donors (Lipinski definition) is 0. The zero-order valence-electron chi connectivity index (χ0n) is 8.09. The van der Waals surface area contributed by atoms with Gasteiger partial charge >= 0.3 is 5.97 Å². The summed E-state index contributed by atoms with van der Waals surface area (Å²) in [6.45, 7) is 8.44. The van der Waals surface area contributed by atoms with E-state index in [1.54, 1.807) is 6.92 Å². The number of likely N-dealkylation sites (N-methyl/N-ethyl adjacent to an activating group) is 1. The van der Waals surface area contributed by atoms with Crippen LogP contribution in [-0.4, -0.2) is 30.9 Å². The SMILES string of the molecule is C=C(C)C(=O)N(C)C(=C)C(=O)OC. The molecule has 0 radical (unpaired) electrons. The van der Waals surface area contributed by atoms with Crippen molar-refractivity contribution in [2.75, 3.05) is 14.2 Å². The Morgan fingerprint density at radius 2 is 1.77 bits per heavy atom. The number of carbonyl (C=O) groups excluding carboxylic acids is 2. The number of esters is 1. The van der Waals surface area contributed by atoms with Crippen molar-refractivity contribution in [3.8, 4) is 0 Å². The van der Waals surface area contributed by atoms with Crippen LogP contribution in [0.2, 0.25) is 0 Å².